The molecule has 0 heterocycles. The Bertz CT molecular complexity index is 251. The lowest BCUT2D eigenvalue weighted by molar-refractivity contribution is -0.137. The van der Waals surface area contributed by atoms with E-state index in [-0.39, 0.29) is 6.15 Å². The number of aryl methyl sites for hydroxylation is 1. The van der Waals surface area contributed by atoms with Crippen LogP contribution in [0, 0.1) is 0 Å². The molecule has 0 amide bonds. The van der Waals surface area contributed by atoms with Crippen molar-refractivity contribution in [1.82, 2.24) is 6.15 Å². The van der Waals surface area contributed by atoms with Crippen LogP contribution in [0.25, 0.3) is 0 Å². The smallest absolute Gasteiger partial charge is 0.344 e. The fourth-order valence-electron chi connectivity index (χ4n) is 0.929. The monoisotopic (exact) mass is 191 g/mol. The molecule has 1 rings (SSSR count). The number of hydrogen-bond acceptors (Lipinski definition) is 1. The van der Waals surface area contributed by atoms with Crippen LogP contribution in [0.15, 0.2) is 24.3 Å². The molecular formula is C9H12F3N. The highest BCUT2D eigenvalue weighted by Gasteiger charge is 2.29. The zero-order valence-electron chi connectivity index (χ0n) is 7.36. The molecule has 0 atom stereocenters. The van der Waals surface area contributed by atoms with Gasteiger partial charge in [0.2, 0.25) is 0 Å². The third-order valence-corrected chi connectivity index (χ3v) is 1.69. The first-order valence-corrected chi connectivity index (χ1v) is 3.70. The molecule has 0 spiro atoms. The second kappa shape index (κ2) is 4.28. The van der Waals surface area contributed by atoms with Gasteiger partial charge in [-0.05, 0) is 24.1 Å². The number of hydrogen-bond donors (Lipinski definition) is 1. The highest BCUT2D eigenvalue weighted by atomic mass is 19.4. The van der Waals surface area contributed by atoms with E-state index in [1.807, 2.05) is 6.92 Å². The van der Waals surface area contributed by atoms with Gasteiger partial charge in [-0.2, -0.15) is 13.2 Å². The summed E-state index contributed by atoms with van der Waals surface area (Å²) in [6.07, 6.45) is -3.45. The molecule has 4 heteroatoms. The van der Waals surface area contributed by atoms with Crippen molar-refractivity contribution in [2.24, 2.45) is 0 Å². The predicted octanol–water partition coefficient (Wildman–Crippen LogP) is 3.43. The Balaban J connectivity index is 0.00000144. The lowest BCUT2D eigenvalue weighted by Gasteiger charge is -2.06. The maximum Gasteiger partial charge on any atom is 0.416 e. The Morgan fingerprint density at radius 2 is 1.54 bits per heavy atom. The van der Waals surface area contributed by atoms with E-state index >= 15 is 0 Å². The molecule has 0 fully saturated rings. The third kappa shape index (κ3) is 3.06. The molecule has 0 aliphatic rings. The van der Waals surface area contributed by atoms with E-state index in [1.165, 1.54) is 12.1 Å². The second-order valence-corrected chi connectivity index (χ2v) is 2.55. The molecule has 1 aromatic carbocycles. The van der Waals surface area contributed by atoms with Crippen LogP contribution in [0.3, 0.4) is 0 Å². The summed E-state index contributed by atoms with van der Waals surface area (Å²) < 4.78 is 36.1. The highest BCUT2D eigenvalue weighted by molar-refractivity contribution is 5.24. The van der Waals surface area contributed by atoms with Crippen LogP contribution in [0.1, 0.15) is 18.1 Å². The molecule has 0 saturated heterocycles. The zero-order valence-corrected chi connectivity index (χ0v) is 7.36. The average molecular weight is 191 g/mol. The SMILES string of the molecule is CCc1ccc(C(F)(F)F)cc1.N. The minimum Gasteiger partial charge on any atom is -0.344 e. The van der Waals surface area contributed by atoms with Crippen molar-refractivity contribution in [2.45, 2.75) is 19.5 Å². The maximum atomic E-state index is 12.0. The van der Waals surface area contributed by atoms with Crippen LogP contribution < -0.4 is 6.15 Å². The van der Waals surface area contributed by atoms with Gasteiger partial charge in [-0.1, -0.05) is 19.1 Å². The van der Waals surface area contributed by atoms with Crippen molar-refractivity contribution >= 4 is 0 Å². The van der Waals surface area contributed by atoms with E-state index in [0.29, 0.717) is 0 Å². The van der Waals surface area contributed by atoms with Crippen molar-refractivity contribution in [3.05, 3.63) is 35.4 Å². The fraction of sp³-hybridized carbons (Fsp3) is 0.333. The van der Waals surface area contributed by atoms with Gasteiger partial charge in [0, 0.05) is 0 Å². The number of alkyl halides is 3. The normalized spacial score (nSPS) is 10.8. The molecule has 1 nitrogen and oxygen atoms in total. The van der Waals surface area contributed by atoms with Gasteiger partial charge in [0.1, 0.15) is 0 Å². The minimum atomic E-state index is -4.22. The molecule has 0 aliphatic carbocycles. The summed E-state index contributed by atoms with van der Waals surface area (Å²) in [6, 6.07) is 5.23. The maximum absolute atomic E-state index is 12.0. The van der Waals surface area contributed by atoms with Gasteiger partial charge < -0.3 is 6.15 Å². The lowest BCUT2D eigenvalue weighted by atomic mass is 10.1. The van der Waals surface area contributed by atoms with Crippen molar-refractivity contribution < 1.29 is 13.2 Å². The van der Waals surface area contributed by atoms with Gasteiger partial charge in [0.25, 0.3) is 0 Å². The van der Waals surface area contributed by atoms with Crippen LogP contribution in [0.4, 0.5) is 13.2 Å². The summed E-state index contributed by atoms with van der Waals surface area (Å²) in [5, 5.41) is 0. The molecule has 3 N–H and O–H groups in total. The molecular weight excluding hydrogens is 179 g/mol. The topological polar surface area (TPSA) is 35.0 Å². The van der Waals surface area contributed by atoms with Gasteiger partial charge in [-0.15, -0.1) is 0 Å². The molecule has 0 aliphatic heterocycles. The average Bonchev–Trinajstić information content (AvgIpc) is 2.03. The fourth-order valence-corrected chi connectivity index (χ4v) is 0.929. The quantitative estimate of drug-likeness (QED) is 0.725. The molecule has 74 valence electrons. The first-order valence-electron chi connectivity index (χ1n) is 3.70. The summed E-state index contributed by atoms with van der Waals surface area (Å²) in [7, 11) is 0. The van der Waals surface area contributed by atoms with Crippen LogP contribution >= 0.6 is 0 Å². The van der Waals surface area contributed by atoms with Gasteiger partial charge in [0.15, 0.2) is 0 Å². The Morgan fingerprint density at radius 3 is 1.85 bits per heavy atom. The van der Waals surface area contributed by atoms with Crippen LogP contribution in [0.5, 0.6) is 0 Å². The van der Waals surface area contributed by atoms with Gasteiger partial charge in [-0.3, -0.25) is 0 Å². The molecule has 0 saturated carbocycles. The highest BCUT2D eigenvalue weighted by Crippen LogP contribution is 2.28. The summed E-state index contributed by atoms with van der Waals surface area (Å²) in [5.74, 6) is 0. The van der Waals surface area contributed by atoms with Crippen LogP contribution in [0.2, 0.25) is 0 Å². The number of halogens is 3. The van der Waals surface area contributed by atoms with Crippen molar-refractivity contribution in [3.63, 3.8) is 0 Å². The van der Waals surface area contributed by atoms with Crippen molar-refractivity contribution in [1.29, 1.82) is 0 Å². The molecule has 1 aromatic rings. The summed E-state index contributed by atoms with van der Waals surface area (Å²) in [4.78, 5) is 0. The van der Waals surface area contributed by atoms with E-state index in [2.05, 4.69) is 0 Å². The number of rotatable bonds is 1. The standard InChI is InChI=1S/C9H9F3.H3N/c1-2-7-3-5-8(6-4-7)9(10,11)12;/h3-6H,2H2,1H3;1H3. The second-order valence-electron chi connectivity index (χ2n) is 2.55. The summed E-state index contributed by atoms with van der Waals surface area (Å²) >= 11 is 0. The van der Waals surface area contributed by atoms with E-state index < -0.39 is 11.7 Å². The first kappa shape index (κ1) is 12.0. The largest absolute Gasteiger partial charge is 0.416 e. The van der Waals surface area contributed by atoms with E-state index in [9.17, 15) is 13.2 Å². The van der Waals surface area contributed by atoms with Gasteiger partial charge in [-0.25, -0.2) is 0 Å². The Labute approximate surface area is 75.2 Å². The van der Waals surface area contributed by atoms with Crippen LogP contribution in [-0.2, 0) is 12.6 Å². The summed E-state index contributed by atoms with van der Waals surface area (Å²) in [5.41, 5.74) is 0.336. The molecule has 0 bridgehead atoms. The Hall–Kier alpha value is -1.03. The van der Waals surface area contributed by atoms with Crippen LogP contribution in [-0.4, -0.2) is 0 Å². The van der Waals surface area contributed by atoms with E-state index in [4.69, 9.17) is 0 Å². The van der Waals surface area contributed by atoms with Gasteiger partial charge in [0.05, 0.1) is 5.56 Å². The zero-order chi connectivity index (χ0) is 9.19. The predicted molar refractivity (Wildman–Crippen MR) is 45.8 cm³/mol. The Kier molecular flexibility index (Phi) is 3.94. The first-order chi connectivity index (χ1) is 5.54. The summed E-state index contributed by atoms with van der Waals surface area (Å²) in [6.45, 7) is 1.91. The van der Waals surface area contributed by atoms with Crippen molar-refractivity contribution in [2.75, 3.05) is 0 Å². The molecule has 0 radical (unpaired) electrons. The molecule has 0 unspecified atom stereocenters. The molecule has 0 aromatic heterocycles. The third-order valence-electron chi connectivity index (χ3n) is 1.69. The Morgan fingerprint density at radius 1 is 1.08 bits per heavy atom. The molecule has 13 heavy (non-hydrogen) atoms. The minimum absolute atomic E-state index is 0. The van der Waals surface area contributed by atoms with E-state index in [0.717, 1.165) is 24.1 Å². The lowest BCUT2D eigenvalue weighted by Crippen LogP contribution is -2.04. The van der Waals surface area contributed by atoms with E-state index in [1.54, 1.807) is 0 Å². The van der Waals surface area contributed by atoms with Crippen molar-refractivity contribution in [3.8, 4) is 0 Å². The van der Waals surface area contributed by atoms with Gasteiger partial charge >= 0.3 is 6.18 Å². The number of benzene rings is 1.